The number of nitrogens with zero attached hydrogens (tertiary/aromatic N) is 6. The van der Waals surface area contributed by atoms with Gasteiger partial charge in [-0.1, -0.05) is 121 Å². The van der Waals surface area contributed by atoms with E-state index < -0.39 is 66.0 Å². The molecule has 9 heteroatoms. The van der Waals surface area contributed by atoms with E-state index in [-0.39, 0.29) is 60.5 Å². The van der Waals surface area contributed by atoms with Gasteiger partial charge in [0.05, 0.1) is 35.9 Å². The number of fused-ring (bicyclic) bond motifs is 6. The third kappa shape index (κ3) is 6.13. The van der Waals surface area contributed by atoms with Crippen molar-refractivity contribution in [2.75, 3.05) is 0 Å². The molecule has 4 heterocycles. The molecule has 4 aromatic heterocycles. The van der Waals surface area contributed by atoms with Gasteiger partial charge in [-0.05, 0) is 63.1 Å². The van der Waals surface area contributed by atoms with Crippen LogP contribution in [0.5, 0.6) is 11.5 Å². The Morgan fingerprint density at radius 2 is 1.34 bits per heavy atom. The summed E-state index contributed by atoms with van der Waals surface area (Å²) in [6.45, 7) is 0. The second-order valence-corrected chi connectivity index (χ2v) is 13.1. The number of hydrogen-bond acceptors (Lipinski definition) is 4. The summed E-state index contributed by atoms with van der Waals surface area (Å²) in [4.78, 5) is 22.7. The van der Waals surface area contributed by atoms with Gasteiger partial charge in [0.25, 0.3) is 6.33 Å². The van der Waals surface area contributed by atoms with Crippen LogP contribution in [0.3, 0.4) is 0 Å². The quantitative estimate of drug-likeness (QED) is 0.118. The molecule has 8 nitrogen and oxygen atoms in total. The van der Waals surface area contributed by atoms with Crippen LogP contribution in [0.2, 0.25) is 0 Å². The summed E-state index contributed by atoms with van der Waals surface area (Å²) in [5, 5.41) is 0.301. The fraction of sp³-hybridized carbons (Fsp3) is 0. The molecule has 11 aromatic rings. The molecule has 0 unspecified atom stereocenters. The van der Waals surface area contributed by atoms with Crippen LogP contribution in [0.4, 0.5) is 0 Å². The molecule has 0 amide bonds. The van der Waals surface area contributed by atoms with Crippen molar-refractivity contribution in [3.8, 4) is 50.8 Å². The molecule has 59 heavy (non-hydrogen) atoms. The number of ether oxygens (including phenoxy) is 1. The molecule has 0 aliphatic carbocycles. The van der Waals surface area contributed by atoms with Crippen molar-refractivity contribution < 1.29 is 44.1 Å². The summed E-state index contributed by atoms with van der Waals surface area (Å²) in [6.07, 6.45) is 5.02. The number of pyridine rings is 1. The van der Waals surface area contributed by atoms with Gasteiger partial charge in [0, 0.05) is 44.4 Å². The van der Waals surface area contributed by atoms with Gasteiger partial charge in [0.1, 0.15) is 0 Å². The molecule has 0 saturated heterocycles. The normalized spacial score (nSPS) is 13.7. The fourth-order valence-corrected chi connectivity index (χ4v) is 7.30. The van der Waals surface area contributed by atoms with Crippen LogP contribution in [-0.2, 0) is 21.1 Å². The number of imidazole rings is 2. The van der Waals surface area contributed by atoms with E-state index >= 15 is 0 Å². The Labute approximate surface area is 366 Å². The zero-order valence-corrected chi connectivity index (χ0v) is 32.6. The molecule has 0 N–H and O–H groups in total. The Kier molecular flexibility index (Phi) is 6.66. The zero-order valence-electron chi connectivity index (χ0n) is 40.4. The molecule has 0 aliphatic heterocycles. The minimum atomic E-state index is -0.589. The number of benzene rings is 7. The van der Waals surface area contributed by atoms with Crippen LogP contribution in [0.15, 0.2) is 187 Å². The smallest absolute Gasteiger partial charge is 0.268 e. The first-order chi connectivity index (χ1) is 32.8. The van der Waals surface area contributed by atoms with Gasteiger partial charge in [0.2, 0.25) is 11.3 Å². The van der Waals surface area contributed by atoms with Crippen LogP contribution in [0.25, 0.3) is 78.2 Å². The van der Waals surface area contributed by atoms with Crippen molar-refractivity contribution in [3.63, 3.8) is 0 Å². The van der Waals surface area contributed by atoms with Crippen LogP contribution >= 0.6 is 0 Å². The number of aromatic nitrogens is 6. The van der Waals surface area contributed by atoms with E-state index in [9.17, 15) is 4.79 Å². The third-order valence-electron chi connectivity index (χ3n) is 9.76. The van der Waals surface area contributed by atoms with E-state index in [1.54, 1.807) is 86.5 Å². The van der Waals surface area contributed by atoms with E-state index in [2.05, 4.69) is 28.4 Å². The number of hydrogen-bond donors (Lipinski definition) is 0. The van der Waals surface area contributed by atoms with Crippen molar-refractivity contribution in [2.24, 2.45) is 0 Å². The summed E-state index contributed by atoms with van der Waals surface area (Å²) in [5.41, 5.74) is 3.54. The predicted octanol–water partition coefficient (Wildman–Crippen LogP) is 9.93. The Morgan fingerprint density at radius 1 is 0.661 bits per heavy atom. The Hall–Kier alpha value is -7.41. The predicted molar refractivity (Wildman–Crippen MR) is 226 cm³/mol. The molecule has 0 saturated carbocycles. The molecule has 0 fully saturated rings. The fourth-order valence-electron chi connectivity index (χ4n) is 7.30. The van der Waals surface area contributed by atoms with E-state index in [0.717, 1.165) is 11.2 Å². The van der Waals surface area contributed by atoms with Crippen LogP contribution in [-0.4, -0.2) is 23.5 Å². The first kappa shape index (κ1) is 26.5. The van der Waals surface area contributed by atoms with Crippen molar-refractivity contribution >= 4 is 38.9 Å². The van der Waals surface area contributed by atoms with Crippen molar-refractivity contribution in [1.29, 1.82) is 0 Å². The van der Waals surface area contributed by atoms with Gasteiger partial charge in [-0.25, -0.2) is 4.98 Å². The zero-order chi connectivity index (χ0) is 47.3. The first-order valence-electron chi connectivity index (χ1n) is 23.1. The average Bonchev–Trinajstić information content (AvgIpc) is 3.90. The van der Waals surface area contributed by atoms with E-state index in [4.69, 9.17) is 18.4 Å². The van der Waals surface area contributed by atoms with Gasteiger partial charge >= 0.3 is 0 Å². The molecule has 7 aromatic carbocycles. The van der Waals surface area contributed by atoms with Gasteiger partial charge in [-0.15, -0.1) is 24.3 Å². The minimum Gasteiger partial charge on any atom is -0.510 e. The van der Waals surface area contributed by atoms with Gasteiger partial charge in [-0.3, -0.25) is 18.3 Å². The van der Waals surface area contributed by atoms with Crippen molar-refractivity contribution in [1.82, 2.24) is 23.5 Å². The molecule has 0 atom stereocenters. The number of rotatable bonds is 7. The molecule has 0 aliphatic rings. The van der Waals surface area contributed by atoms with Gasteiger partial charge < -0.3 is 9.30 Å². The van der Waals surface area contributed by atoms with Crippen LogP contribution < -0.4 is 14.9 Å². The summed E-state index contributed by atoms with van der Waals surface area (Å²) in [7, 11) is 0. The second kappa shape index (κ2) is 14.8. The molecule has 0 radical (unpaired) electrons. The van der Waals surface area contributed by atoms with E-state index in [1.165, 1.54) is 0 Å². The second-order valence-electron chi connectivity index (χ2n) is 13.1. The van der Waals surface area contributed by atoms with Gasteiger partial charge in [0.15, 0.2) is 5.65 Å². The van der Waals surface area contributed by atoms with Crippen molar-refractivity contribution in [2.45, 2.75) is 0 Å². The SMILES string of the molecule is [2H]c1c([2H])c([2H])c(-c2cccc(-c3c([2H])c([2H])c([2H])c([2H])c3[2H])c2-[n+]2[c-]n(-c3[c-]c(Oc4[c-]c5c(cc4)c(=O)nc4n(-c6ccccc6)c6cccnc6n54)ccc3)c3ccccc32)c([2H])c1[2H].[Pt]. The molecular formula is C50H30N6O2Pt-2. The minimum absolute atomic E-state index is 0. The molecular weight excluding hydrogens is 912 g/mol. The Bertz CT molecular complexity index is 3870. The first-order valence-corrected chi connectivity index (χ1v) is 18.1. The monoisotopic (exact) mass is 951 g/mol. The summed E-state index contributed by atoms with van der Waals surface area (Å²) in [6, 6.07) is 34.7. The largest absolute Gasteiger partial charge is 0.510 e. The molecule has 284 valence electrons. The maximum Gasteiger partial charge on any atom is 0.268 e. The summed E-state index contributed by atoms with van der Waals surface area (Å²) >= 11 is 0. The van der Waals surface area contributed by atoms with E-state index in [1.807, 2.05) is 53.1 Å². The third-order valence-corrected chi connectivity index (χ3v) is 9.76. The maximum absolute atomic E-state index is 13.6. The standard InChI is InChI=1S/C50H30N6O2.Pt/c57-49-42-29-28-39(32-46(42)56-48-45(27-14-30-51-48)55(50(56)52-49)36-19-8-3-9-20-36)58-38-22-12-21-37(31-38)53-33-54(44-26-11-10-25-43(44)53)47-40(34-15-4-1-5-16-34)23-13-24-41(47)35-17-6-2-7-18-35;/h1-30H;/q-2;/i1D,2D,4D,5D,6D,7D,15D,16D,17D,18D;. The van der Waals surface area contributed by atoms with Crippen LogP contribution in [0.1, 0.15) is 13.7 Å². The average molecular weight is 952 g/mol. The van der Waals surface area contributed by atoms with Crippen LogP contribution in [0, 0.1) is 18.5 Å². The summed E-state index contributed by atoms with van der Waals surface area (Å²) < 4.78 is 99.9. The molecule has 0 bridgehead atoms. The maximum atomic E-state index is 13.6. The van der Waals surface area contributed by atoms with Crippen molar-refractivity contribution in [3.05, 3.63) is 211 Å². The summed E-state index contributed by atoms with van der Waals surface area (Å²) in [5.74, 6) is 0.863. The number of para-hydroxylation sites is 4. The Morgan fingerprint density at radius 3 is 2.10 bits per heavy atom. The van der Waals surface area contributed by atoms with Gasteiger partial charge in [-0.2, -0.15) is 23.2 Å². The Balaban J connectivity index is 0.00000553. The molecule has 0 spiro atoms. The van der Waals surface area contributed by atoms with E-state index in [0.29, 0.717) is 39.0 Å². The topological polar surface area (TPSA) is 70.2 Å². The molecule has 11 rings (SSSR count).